The Labute approximate surface area is 268 Å². The number of rotatable bonds is 11. The molecule has 4 heterocycles. The van der Waals surface area contributed by atoms with Crippen LogP contribution < -0.4 is 10.2 Å². The smallest absolute Gasteiger partial charge is 0.177 e. The molecule has 2 aliphatic rings. The Morgan fingerprint density at radius 3 is 2.44 bits per heavy atom. The van der Waals surface area contributed by atoms with E-state index in [2.05, 4.69) is 56.7 Å². The minimum absolute atomic E-state index is 0.131. The van der Waals surface area contributed by atoms with Crippen LogP contribution >= 0.6 is 0 Å². The van der Waals surface area contributed by atoms with Crippen LogP contribution in [0.5, 0.6) is 0 Å². The van der Waals surface area contributed by atoms with E-state index in [0.717, 1.165) is 93.5 Å². The molecule has 2 N–H and O–H groups in total. The van der Waals surface area contributed by atoms with E-state index < -0.39 is 0 Å². The van der Waals surface area contributed by atoms with Crippen molar-refractivity contribution < 1.29 is 19.0 Å². The summed E-state index contributed by atoms with van der Waals surface area (Å²) in [6.07, 6.45) is 3.28. The third-order valence-electron chi connectivity index (χ3n) is 8.79. The number of ether oxygens (including phenoxy) is 2. The predicted octanol–water partition coefficient (Wildman–Crippen LogP) is 5.63. The minimum Gasteiger partial charge on any atom is -0.390 e. The van der Waals surface area contributed by atoms with Crippen molar-refractivity contribution in [2.24, 2.45) is 5.41 Å². The Hall–Kier alpha value is -2.79. The molecule has 248 valence electrons. The molecule has 1 aromatic carbocycles. The quantitative estimate of drug-likeness (QED) is 0.266. The van der Waals surface area contributed by atoms with E-state index in [1.165, 1.54) is 0 Å². The van der Waals surface area contributed by atoms with E-state index in [-0.39, 0.29) is 29.3 Å². The standard InChI is InChI=1S/C35H53FN6O3/c1-34(2,3)12-18-44-19-15-40-13-10-25(11-14-40)32-26(8-7-9-27(32)36)22-30-29(24-43)37-33-28(38-35(4,5)6)23-31(39-42(30)33)41-16-20-45-21-17-41/h7-9,23,25,38,43H,10-22,24H2,1-6H3. The van der Waals surface area contributed by atoms with E-state index in [4.69, 9.17) is 19.6 Å². The van der Waals surface area contributed by atoms with Crippen LogP contribution in [0, 0.1) is 11.2 Å². The van der Waals surface area contributed by atoms with Gasteiger partial charge in [-0.05, 0) is 81.6 Å². The number of hydrogen-bond donors (Lipinski definition) is 2. The molecule has 0 atom stereocenters. The zero-order valence-electron chi connectivity index (χ0n) is 28.2. The van der Waals surface area contributed by atoms with Gasteiger partial charge in [0.1, 0.15) is 5.82 Å². The topological polar surface area (TPSA) is 87.4 Å². The van der Waals surface area contributed by atoms with Gasteiger partial charge in [-0.15, -0.1) is 5.10 Å². The molecule has 10 heteroatoms. The Morgan fingerprint density at radius 1 is 1.04 bits per heavy atom. The average molecular weight is 625 g/mol. The molecule has 5 rings (SSSR count). The van der Waals surface area contributed by atoms with Gasteiger partial charge >= 0.3 is 0 Å². The van der Waals surface area contributed by atoms with E-state index in [0.29, 0.717) is 31.0 Å². The predicted molar refractivity (Wildman–Crippen MR) is 178 cm³/mol. The maximum Gasteiger partial charge on any atom is 0.177 e. The van der Waals surface area contributed by atoms with Crippen LogP contribution in [0.25, 0.3) is 5.65 Å². The summed E-state index contributed by atoms with van der Waals surface area (Å²) in [6, 6.07) is 7.44. The first-order valence-corrected chi connectivity index (χ1v) is 16.6. The summed E-state index contributed by atoms with van der Waals surface area (Å²) in [6.45, 7) is 19.9. The van der Waals surface area contributed by atoms with Gasteiger partial charge in [-0.3, -0.25) is 0 Å². The first kappa shape index (κ1) is 33.6. The Bertz CT molecular complexity index is 1420. The van der Waals surface area contributed by atoms with Crippen molar-refractivity contribution in [3.8, 4) is 0 Å². The Balaban J connectivity index is 1.38. The van der Waals surface area contributed by atoms with Crippen molar-refractivity contribution in [1.82, 2.24) is 19.5 Å². The molecular formula is C35H53FN6O3. The molecule has 0 spiro atoms. The maximum absolute atomic E-state index is 15.6. The Kier molecular flexibility index (Phi) is 10.7. The lowest BCUT2D eigenvalue weighted by Crippen LogP contribution is -2.37. The largest absolute Gasteiger partial charge is 0.390 e. The second-order valence-electron chi connectivity index (χ2n) is 14.8. The summed E-state index contributed by atoms with van der Waals surface area (Å²) in [5, 5.41) is 19.1. The van der Waals surface area contributed by atoms with Crippen molar-refractivity contribution >= 4 is 17.2 Å². The van der Waals surface area contributed by atoms with Gasteiger partial charge in [-0.1, -0.05) is 32.9 Å². The van der Waals surface area contributed by atoms with E-state index in [1.54, 1.807) is 12.1 Å². The third-order valence-corrected chi connectivity index (χ3v) is 8.79. The van der Waals surface area contributed by atoms with Crippen LogP contribution in [0.2, 0.25) is 0 Å². The molecule has 9 nitrogen and oxygen atoms in total. The molecule has 2 saturated heterocycles. The number of nitrogens with zero attached hydrogens (tertiary/aromatic N) is 5. The van der Waals surface area contributed by atoms with Gasteiger partial charge < -0.3 is 29.7 Å². The average Bonchev–Trinajstić information content (AvgIpc) is 3.34. The lowest BCUT2D eigenvalue weighted by Gasteiger charge is -2.33. The van der Waals surface area contributed by atoms with Crippen LogP contribution in [-0.4, -0.2) is 89.3 Å². The van der Waals surface area contributed by atoms with Crippen molar-refractivity contribution in [2.75, 3.05) is 69.4 Å². The number of piperidine rings is 1. The number of halogens is 1. The van der Waals surface area contributed by atoms with Gasteiger partial charge in [0.25, 0.3) is 0 Å². The summed E-state index contributed by atoms with van der Waals surface area (Å²) in [4.78, 5) is 9.51. The summed E-state index contributed by atoms with van der Waals surface area (Å²) >= 11 is 0. The minimum atomic E-state index is -0.221. The SMILES string of the molecule is CC(C)(C)CCOCCN1CCC(c2c(F)cccc2Cc2c(CO)nc3c(NC(C)(C)C)cc(N4CCOCC4)nn23)CC1. The fraction of sp³-hybridized carbons (Fsp3) is 0.657. The third kappa shape index (κ3) is 8.73. The van der Waals surface area contributed by atoms with Gasteiger partial charge in [0, 0.05) is 44.3 Å². The molecular weight excluding hydrogens is 571 g/mol. The molecule has 2 aromatic heterocycles. The van der Waals surface area contributed by atoms with Crippen molar-refractivity contribution in [3.05, 3.63) is 52.6 Å². The summed E-state index contributed by atoms with van der Waals surface area (Å²) in [5.41, 5.74) is 4.66. The highest BCUT2D eigenvalue weighted by molar-refractivity contribution is 5.72. The Morgan fingerprint density at radius 2 is 1.78 bits per heavy atom. The molecule has 2 fully saturated rings. The molecule has 3 aromatic rings. The molecule has 0 amide bonds. The normalized spacial score (nSPS) is 17.4. The number of aliphatic hydroxyl groups excluding tert-OH is 1. The maximum atomic E-state index is 15.6. The number of nitrogens with one attached hydrogen (secondary N) is 1. The summed E-state index contributed by atoms with van der Waals surface area (Å²) in [5.74, 6) is 0.800. The van der Waals surface area contributed by atoms with Crippen LogP contribution in [0.3, 0.4) is 0 Å². The first-order valence-electron chi connectivity index (χ1n) is 16.6. The van der Waals surface area contributed by atoms with Gasteiger partial charge in [0.05, 0.1) is 43.5 Å². The fourth-order valence-electron chi connectivity index (χ4n) is 6.34. The highest BCUT2D eigenvalue weighted by Gasteiger charge is 2.28. The second-order valence-corrected chi connectivity index (χ2v) is 14.8. The zero-order chi connectivity index (χ0) is 32.2. The van der Waals surface area contributed by atoms with Crippen LogP contribution in [0.1, 0.15) is 89.2 Å². The van der Waals surface area contributed by atoms with Crippen molar-refractivity contribution in [1.29, 1.82) is 0 Å². The van der Waals surface area contributed by atoms with E-state index in [9.17, 15) is 5.11 Å². The molecule has 45 heavy (non-hydrogen) atoms. The monoisotopic (exact) mass is 624 g/mol. The van der Waals surface area contributed by atoms with Crippen LogP contribution in [0.4, 0.5) is 15.9 Å². The molecule has 0 bridgehead atoms. The summed E-state index contributed by atoms with van der Waals surface area (Å²) in [7, 11) is 0. The van der Waals surface area contributed by atoms with Crippen LogP contribution in [0.15, 0.2) is 24.3 Å². The number of aromatic nitrogens is 3. The lowest BCUT2D eigenvalue weighted by atomic mass is 9.84. The number of benzene rings is 1. The molecule has 0 unspecified atom stereocenters. The molecule has 0 aliphatic carbocycles. The van der Waals surface area contributed by atoms with Crippen molar-refractivity contribution in [2.45, 2.75) is 85.3 Å². The summed E-state index contributed by atoms with van der Waals surface area (Å²) < 4.78 is 29.0. The highest BCUT2D eigenvalue weighted by Crippen LogP contribution is 2.35. The number of morpholine rings is 1. The molecule has 0 saturated carbocycles. The fourth-order valence-corrected chi connectivity index (χ4v) is 6.34. The van der Waals surface area contributed by atoms with Gasteiger partial charge in [-0.25, -0.2) is 13.9 Å². The molecule has 2 aliphatic heterocycles. The van der Waals surface area contributed by atoms with Gasteiger partial charge in [0.2, 0.25) is 0 Å². The number of fused-ring (bicyclic) bond motifs is 1. The van der Waals surface area contributed by atoms with E-state index >= 15 is 4.39 Å². The number of imidazole rings is 1. The second kappa shape index (κ2) is 14.3. The van der Waals surface area contributed by atoms with E-state index in [1.807, 2.05) is 16.6 Å². The number of likely N-dealkylation sites (tertiary alicyclic amines) is 1. The van der Waals surface area contributed by atoms with Gasteiger partial charge in [-0.2, -0.15) is 0 Å². The molecule has 0 radical (unpaired) electrons. The number of aliphatic hydroxyl groups is 1. The van der Waals surface area contributed by atoms with Gasteiger partial charge in [0.15, 0.2) is 11.5 Å². The lowest BCUT2D eigenvalue weighted by molar-refractivity contribution is 0.0780. The number of anilines is 2. The van der Waals surface area contributed by atoms with Crippen molar-refractivity contribution in [3.63, 3.8) is 0 Å². The highest BCUT2D eigenvalue weighted by atomic mass is 19.1. The number of hydrogen-bond acceptors (Lipinski definition) is 8. The zero-order valence-corrected chi connectivity index (χ0v) is 28.2. The first-order chi connectivity index (χ1) is 21.4. The van der Waals surface area contributed by atoms with Crippen LogP contribution in [-0.2, 0) is 22.5 Å².